The Morgan fingerprint density at radius 2 is 0.710 bits per heavy atom. The lowest BCUT2D eigenvalue weighted by atomic mass is 9.86. The van der Waals surface area contributed by atoms with Crippen molar-refractivity contribution in [2.45, 2.75) is 118 Å². The molecule has 7 rings (SSSR count). The average molecular weight is 813 g/mol. The normalized spacial score (nSPS) is 11.4. The van der Waals surface area contributed by atoms with Crippen molar-refractivity contribution in [3.05, 3.63) is 191 Å². The van der Waals surface area contributed by atoms with E-state index in [9.17, 15) is 0 Å². The number of unbranched alkanes of at least 4 members (excludes halogenated alkanes) is 10. The van der Waals surface area contributed by atoms with E-state index in [1.165, 1.54) is 166 Å². The molecule has 0 saturated carbocycles. The van der Waals surface area contributed by atoms with Gasteiger partial charge >= 0.3 is 0 Å². The summed E-state index contributed by atoms with van der Waals surface area (Å²) in [6, 6.07) is 59.3. The minimum Gasteiger partial charge on any atom is -0.0654 e. The van der Waals surface area contributed by atoms with Gasteiger partial charge in [0.15, 0.2) is 0 Å². The predicted molar refractivity (Wildman–Crippen MR) is 273 cm³/mol. The minimum absolute atomic E-state index is 1.11. The molecule has 0 amide bonds. The molecule has 0 bridgehead atoms. The van der Waals surface area contributed by atoms with Crippen molar-refractivity contribution in [1.82, 2.24) is 0 Å². The van der Waals surface area contributed by atoms with Crippen molar-refractivity contribution >= 4 is 12.2 Å². The first kappa shape index (κ1) is 44.3. The lowest BCUT2D eigenvalue weighted by Crippen LogP contribution is -1.99. The Bertz CT molecular complexity index is 2410. The lowest BCUT2D eigenvalue weighted by molar-refractivity contribution is 0.605. The summed E-state index contributed by atoms with van der Waals surface area (Å²) in [6.45, 7) is 9.11. The van der Waals surface area contributed by atoms with E-state index >= 15 is 0 Å². The molecule has 0 aromatic heterocycles. The summed E-state index contributed by atoms with van der Waals surface area (Å²) in [6.07, 6.45) is 22.4. The van der Waals surface area contributed by atoms with Crippen LogP contribution in [-0.4, -0.2) is 0 Å². The largest absolute Gasteiger partial charge is 0.0654 e. The zero-order valence-corrected chi connectivity index (χ0v) is 38.1. The quantitative estimate of drug-likeness (QED) is 0.0501. The van der Waals surface area contributed by atoms with Gasteiger partial charge in [-0.05, 0) is 159 Å². The van der Waals surface area contributed by atoms with Gasteiger partial charge in [0, 0.05) is 0 Å². The molecule has 62 heavy (non-hydrogen) atoms. The van der Waals surface area contributed by atoms with Crippen molar-refractivity contribution < 1.29 is 0 Å². The van der Waals surface area contributed by atoms with Crippen LogP contribution in [0.5, 0.6) is 0 Å². The van der Waals surface area contributed by atoms with E-state index < -0.39 is 0 Å². The van der Waals surface area contributed by atoms with E-state index in [0.717, 1.165) is 12.8 Å². The molecule has 0 fully saturated rings. The maximum Gasteiger partial charge on any atom is -0.0149 e. The van der Waals surface area contributed by atoms with Crippen LogP contribution < -0.4 is 0 Å². The summed E-state index contributed by atoms with van der Waals surface area (Å²) in [7, 11) is 0. The second kappa shape index (κ2) is 22.9. The third-order valence-corrected chi connectivity index (χ3v) is 12.7. The third kappa shape index (κ3) is 12.4. The molecular formula is C62H68. The smallest absolute Gasteiger partial charge is 0.0149 e. The summed E-state index contributed by atoms with van der Waals surface area (Å²) in [5.41, 5.74) is 20.8. The van der Waals surface area contributed by atoms with Gasteiger partial charge < -0.3 is 0 Å². The SMILES string of the molecule is CCCCCCCCc1cc(-c2cc(-c3ccc(/C=C/c4ccc(C)cc4)cc3)cc(-c3cc(-c4ccccc4)cc(-c4ccccc4)c3)c2)c(CCCCCCCC)cc1C. The second-order valence-corrected chi connectivity index (χ2v) is 17.7. The Kier molecular flexibility index (Phi) is 16.4. The van der Waals surface area contributed by atoms with Gasteiger partial charge in [0.05, 0.1) is 0 Å². The van der Waals surface area contributed by atoms with Crippen molar-refractivity contribution in [1.29, 1.82) is 0 Å². The Labute approximate surface area is 374 Å². The molecule has 0 radical (unpaired) electrons. The van der Waals surface area contributed by atoms with Gasteiger partial charge in [0.1, 0.15) is 0 Å². The lowest BCUT2D eigenvalue weighted by Gasteiger charge is -2.18. The molecular weight excluding hydrogens is 745 g/mol. The van der Waals surface area contributed by atoms with Crippen LogP contribution in [0.4, 0.5) is 0 Å². The molecule has 0 aliphatic rings. The molecule has 0 aliphatic heterocycles. The minimum atomic E-state index is 1.11. The van der Waals surface area contributed by atoms with Crippen LogP contribution in [0, 0.1) is 13.8 Å². The molecule has 0 heteroatoms. The third-order valence-electron chi connectivity index (χ3n) is 12.7. The Balaban J connectivity index is 1.34. The molecule has 7 aromatic rings. The summed E-state index contributed by atoms with van der Waals surface area (Å²) in [4.78, 5) is 0. The Hall–Kier alpha value is -5.72. The number of hydrogen-bond donors (Lipinski definition) is 0. The summed E-state index contributed by atoms with van der Waals surface area (Å²) in [5, 5.41) is 0. The fraction of sp³-hybridized carbons (Fsp3) is 0.290. The highest BCUT2D eigenvalue weighted by molar-refractivity contribution is 5.87. The van der Waals surface area contributed by atoms with Gasteiger partial charge in [-0.15, -0.1) is 0 Å². The molecule has 0 unspecified atom stereocenters. The van der Waals surface area contributed by atoms with Crippen LogP contribution in [0.25, 0.3) is 67.8 Å². The molecule has 0 spiro atoms. The predicted octanol–water partition coefficient (Wildman–Crippen LogP) is 18.6. The molecule has 0 saturated heterocycles. The highest BCUT2D eigenvalue weighted by atomic mass is 14.2. The molecule has 7 aromatic carbocycles. The number of hydrogen-bond acceptors (Lipinski definition) is 0. The van der Waals surface area contributed by atoms with Gasteiger partial charge in [-0.25, -0.2) is 0 Å². The zero-order chi connectivity index (χ0) is 42.9. The van der Waals surface area contributed by atoms with Gasteiger partial charge in [0.25, 0.3) is 0 Å². The maximum absolute atomic E-state index is 2.59. The first-order valence-corrected chi connectivity index (χ1v) is 23.9. The first-order chi connectivity index (χ1) is 30.5. The van der Waals surface area contributed by atoms with E-state index in [1.54, 1.807) is 0 Å². The van der Waals surface area contributed by atoms with Gasteiger partial charge in [-0.1, -0.05) is 217 Å². The van der Waals surface area contributed by atoms with Crippen molar-refractivity contribution in [3.63, 3.8) is 0 Å². The van der Waals surface area contributed by atoms with Crippen molar-refractivity contribution in [3.8, 4) is 55.6 Å². The fourth-order valence-electron chi connectivity index (χ4n) is 8.91. The highest BCUT2D eigenvalue weighted by Gasteiger charge is 2.15. The molecule has 0 N–H and O–H groups in total. The molecule has 0 nitrogen and oxygen atoms in total. The summed E-state index contributed by atoms with van der Waals surface area (Å²) < 4.78 is 0. The average Bonchev–Trinajstić information content (AvgIpc) is 3.32. The zero-order valence-electron chi connectivity index (χ0n) is 38.1. The second-order valence-electron chi connectivity index (χ2n) is 17.7. The van der Waals surface area contributed by atoms with E-state index in [4.69, 9.17) is 0 Å². The first-order valence-electron chi connectivity index (χ1n) is 23.9. The van der Waals surface area contributed by atoms with Crippen LogP contribution in [0.2, 0.25) is 0 Å². The van der Waals surface area contributed by atoms with Crippen molar-refractivity contribution in [2.24, 2.45) is 0 Å². The maximum atomic E-state index is 2.59. The topological polar surface area (TPSA) is 0 Å². The van der Waals surface area contributed by atoms with E-state index in [-0.39, 0.29) is 0 Å². The molecule has 0 heterocycles. The monoisotopic (exact) mass is 813 g/mol. The van der Waals surface area contributed by atoms with Crippen LogP contribution in [-0.2, 0) is 12.8 Å². The van der Waals surface area contributed by atoms with Gasteiger partial charge in [-0.3, -0.25) is 0 Å². The number of aryl methyl sites for hydroxylation is 4. The van der Waals surface area contributed by atoms with Crippen LogP contribution in [0.15, 0.2) is 158 Å². The standard InChI is InChI=1S/C62H68/c1-5-7-9-11-13-17-27-54-46-62(55(39-48(54)4)28-18-14-12-10-8-6-2)61-44-58(53-37-35-50(36-38-53)34-33-49-31-29-47(3)30-32-49)43-60(45-61)59-41-56(51-23-19-15-20-24-51)40-57(42-59)52-25-21-16-22-26-52/h15-16,19-26,29-46H,5-14,17-18,27-28H2,1-4H3/b34-33+. The summed E-state index contributed by atoms with van der Waals surface area (Å²) >= 11 is 0. The number of benzene rings is 7. The van der Waals surface area contributed by atoms with E-state index in [1.807, 2.05) is 0 Å². The Morgan fingerprint density at radius 1 is 0.323 bits per heavy atom. The Morgan fingerprint density at radius 3 is 1.19 bits per heavy atom. The summed E-state index contributed by atoms with van der Waals surface area (Å²) in [5.74, 6) is 0. The van der Waals surface area contributed by atoms with E-state index in [2.05, 4.69) is 198 Å². The molecule has 0 aliphatic carbocycles. The van der Waals surface area contributed by atoms with Gasteiger partial charge in [-0.2, -0.15) is 0 Å². The fourth-order valence-corrected chi connectivity index (χ4v) is 8.91. The van der Waals surface area contributed by atoms with Crippen LogP contribution >= 0.6 is 0 Å². The van der Waals surface area contributed by atoms with Crippen LogP contribution in [0.1, 0.15) is 124 Å². The molecule has 0 atom stereocenters. The van der Waals surface area contributed by atoms with Crippen LogP contribution in [0.3, 0.4) is 0 Å². The number of rotatable bonds is 21. The molecule has 316 valence electrons. The van der Waals surface area contributed by atoms with E-state index in [0.29, 0.717) is 0 Å². The van der Waals surface area contributed by atoms with Gasteiger partial charge in [0.2, 0.25) is 0 Å². The highest BCUT2D eigenvalue weighted by Crippen LogP contribution is 2.39. The van der Waals surface area contributed by atoms with Crippen molar-refractivity contribution in [2.75, 3.05) is 0 Å².